The Labute approximate surface area is 272 Å². The SMILES string of the molecule is CCCC/C=C\CCCCCCC(=O)NC(COC1OC(CO)C(O)C(O)C1O)C(O)/C=C/CC/C=C/CCCCCCCC. The Morgan fingerprint density at radius 1 is 0.733 bits per heavy atom. The van der Waals surface area contributed by atoms with Crippen molar-refractivity contribution < 1.29 is 39.8 Å². The summed E-state index contributed by atoms with van der Waals surface area (Å²) in [5.41, 5.74) is 0. The van der Waals surface area contributed by atoms with Crippen LogP contribution in [0, 0.1) is 0 Å². The number of rotatable bonds is 27. The third-order valence-corrected chi connectivity index (χ3v) is 8.19. The van der Waals surface area contributed by atoms with Crippen LogP contribution in [-0.2, 0) is 14.3 Å². The van der Waals surface area contributed by atoms with E-state index in [0.717, 1.165) is 57.8 Å². The normalized spacial score (nSPS) is 23.8. The van der Waals surface area contributed by atoms with E-state index in [9.17, 15) is 30.3 Å². The second-order valence-electron chi connectivity index (χ2n) is 12.3. The van der Waals surface area contributed by atoms with Crippen LogP contribution in [0.15, 0.2) is 36.5 Å². The minimum atomic E-state index is -1.57. The van der Waals surface area contributed by atoms with Crippen LogP contribution in [0.1, 0.15) is 129 Å². The summed E-state index contributed by atoms with van der Waals surface area (Å²) in [6.07, 6.45) is 23.4. The van der Waals surface area contributed by atoms with Crippen LogP contribution in [0.5, 0.6) is 0 Å². The number of ether oxygens (including phenoxy) is 2. The molecule has 0 aromatic rings. The average Bonchev–Trinajstić information content (AvgIpc) is 3.04. The van der Waals surface area contributed by atoms with Crippen molar-refractivity contribution >= 4 is 5.91 Å². The van der Waals surface area contributed by atoms with Crippen LogP contribution < -0.4 is 5.32 Å². The first-order valence-electron chi connectivity index (χ1n) is 17.7. The van der Waals surface area contributed by atoms with Gasteiger partial charge in [0.25, 0.3) is 0 Å². The summed E-state index contributed by atoms with van der Waals surface area (Å²) in [5, 5.41) is 53.7. The summed E-state index contributed by atoms with van der Waals surface area (Å²) >= 11 is 0. The van der Waals surface area contributed by atoms with Crippen LogP contribution in [0.25, 0.3) is 0 Å². The third-order valence-electron chi connectivity index (χ3n) is 8.19. The van der Waals surface area contributed by atoms with Gasteiger partial charge in [-0.15, -0.1) is 0 Å². The highest BCUT2D eigenvalue weighted by atomic mass is 16.7. The molecule has 45 heavy (non-hydrogen) atoms. The maximum atomic E-state index is 12.8. The molecule has 7 atom stereocenters. The molecule has 6 N–H and O–H groups in total. The predicted molar refractivity (Wildman–Crippen MR) is 180 cm³/mol. The molecule has 0 aromatic heterocycles. The van der Waals surface area contributed by atoms with E-state index in [0.29, 0.717) is 6.42 Å². The van der Waals surface area contributed by atoms with Crippen molar-refractivity contribution in [1.82, 2.24) is 5.32 Å². The molecule has 1 amide bonds. The van der Waals surface area contributed by atoms with Gasteiger partial charge in [-0.05, 0) is 51.4 Å². The Bertz CT molecular complexity index is 802. The van der Waals surface area contributed by atoms with Gasteiger partial charge in [0, 0.05) is 6.42 Å². The summed E-state index contributed by atoms with van der Waals surface area (Å²) in [4.78, 5) is 12.8. The second kappa shape index (κ2) is 27.5. The summed E-state index contributed by atoms with van der Waals surface area (Å²) in [6.45, 7) is 3.64. The maximum absolute atomic E-state index is 12.8. The number of amides is 1. The van der Waals surface area contributed by atoms with Crippen LogP contribution in [0.2, 0.25) is 0 Å². The van der Waals surface area contributed by atoms with Gasteiger partial charge < -0.3 is 40.3 Å². The molecule has 9 heteroatoms. The number of nitrogens with one attached hydrogen (secondary N) is 1. The van der Waals surface area contributed by atoms with Crippen molar-refractivity contribution in [2.24, 2.45) is 0 Å². The van der Waals surface area contributed by atoms with E-state index in [1.807, 2.05) is 6.08 Å². The molecule has 0 aliphatic carbocycles. The summed E-state index contributed by atoms with van der Waals surface area (Å²) in [6, 6.07) is -0.822. The van der Waals surface area contributed by atoms with E-state index >= 15 is 0 Å². The topological polar surface area (TPSA) is 149 Å². The van der Waals surface area contributed by atoms with Crippen molar-refractivity contribution in [3.05, 3.63) is 36.5 Å². The zero-order valence-electron chi connectivity index (χ0n) is 28.1. The lowest BCUT2D eigenvalue weighted by molar-refractivity contribution is -0.302. The molecule has 9 nitrogen and oxygen atoms in total. The fourth-order valence-electron chi connectivity index (χ4n) is 5.21. The van der Waals surface area contributed by atoms with E-state index in [1.54, 1.807) is 6.08 Å². The van der Waals surface area contributed by atoms with Gasteiger partial charge in [-0.1, -0.05) is 108 Å². The number of allylic oxidation sites excluding steroid dienone is 5. The Balaban J connectivity index is 2.56. The van der Waals surface area contributed by atoms with Crippen molar-refractivity contribution in [1.29, 1.82) is 0 Å². The van der Waals surface area contributed by atoms with Crippen LogP contribution in [0.4, 0.5) is 0 Å². The first-order chi connectivity index (χ1) is 21.8. The van der Waals surface area contributed by atoms with E-state index in [-0.39, 0.29) is 12.5 Å². The molecule has 262 valence electrons. The van der Waals surface area contributed by atoms with Gasteiger partial charge in [-0.3, -0.25) is 4.79 Å². The molecular formula is C36H65NO8. The Kier molecular flexibility index (Phi) is 25.3. The first-order valence-corrected chi connectivity index (χ1v) is 17.7. The standard InChI is InChI=1S/C36H65NO8/c1-3-5-7-9-11-13-15-16-17-19-21-23-25-30(39)29(28-44-36-35(43)34(42)33(41)31(27-38)45-36)37-32(40)26-24-22-20-18-14-12-10-8-6-4-2/h10,12,16-17,23,25,29-31,33-36,38-39,41-43H,3-9,11,13-15,18-22,24,26-28H2,1-2H3,(H,37,40)/b12-10-,17-16+,25-23+. The number of unbranched alkanes of at least 4 members (excludes halogenated alkanes) is 13. The summed E-state index contributed by atoms with van der Waals surface area (Å²) in [5.74, 6) is -0.207. The van der Waals surface area contributed by atoms with Gasteiger partial charge in [0.15, 0.2) is 6.29 Å². The number of aliphatic hydroxyl groups is 5. The summed E-state index contributed by atoms with van der Waals surface area (Å²) < 4.78 is 11.1. The monoisotopic (exact) mass is 639 g/mol. The van der Waals surface area contributed by atoms with Crippen LogP contribution in [0.3, 0.4) is 0 Å². The van der Waals surface area contributed by atoms with Gasteiger partial charge in [-0.25, -0.2) is 0 Å². The van der Waals surface area contributed by atoms with Crippen LogP contribution in [-0.4, -0.2) is 87.5 Å². The molecule has 0 radical (unpaired) electrons. The largest absolute Gasteiger partial charge is 0.394 e. The predicted octanol–water partition coefficient (Wildman–Crippen LogP) is 5.38. The Hall–Kier alpha value is -1.59. The van der Waals surface area contributed by atoms with Gasteiger partial charge in [0.1, 0.15) is 24.4 Å². The van der Waals surface area contributed by atoms with Gasteiger partial charge in [0.05, 0.1) is 25.4 Å². The van der Waals surface area contributed by atoms with E-state index < -0.39 is 49.5 Å². The third kappa shape index (κ3) is 19.6. The average molecular weight is 640 g/mol. The number of hydrogen-bond donors (Lipinski definition) is 6. The van der Waals surface area contributed by atoms with E-state index in [4.69, 9.17) is 9.47 Å². The number of hydrogen-bond acceptors (Lipinski definition) is 8. The molecule has 0 bridgehead atoms. The van der Waals surface area contributed by atoms with Crippen molar-refractivity contribution in [2.75, 3.05) is 13.2 Å². The maximum Gasteiger partial charge on any atom is 0.220 e. The van der Waals surface area contributed by atoms with Crippen molar-refractivity contribution in [3.63, 3.8) is 0 Å². The van der Waals surface area contributed by atoms with Crippen molar-refractivity contribution in [2.45, 2.75) is 172 Å². The molecule has 1 rings (SSSR count). The minimum absolute atomic E-state index is 0.206. The molecular weight excluding hydrogens is 574 g/mol. The minimum Gasteiger partial charge on any atom is -0.394 e. The molecule has 1 saturated heterocycles. The van der Waals surface area contributed by atoms with Gasteiger partial charge >= 0.3 is 0 Å². The van der Waals surface area contributed by atoms with Gasteiger partial charge in [0.2, 0.25) is 5.91 Å². The molecule has 0 spiro atoms. The summed E-state index contributed by atoms with van der Waals surface area (Å²) in [7, 11) is 0. The zero-order valence-corrected chi connectivity index (χ0v) is 28.1. The lowest BCUT2D eigenvalue weighted by Crippen LogP contribution is -2.60. The molecule has 1 fully saturated rings. The highest BCUT2D eigenvalue weighted by Gasteiger charge is 2.44. The fourth-order valence-corrected chi connectivity index (χ4v) is 5.21. The molecule has 0 aromatic carbocycles. The zero-order chi connectivity index (χ0) is 33.1. The Morgan fingerprint density at radius 3 is 1.93 bits per heavy atom. The highest BCUT2D eigenvalue weighted by molar-refractivity contribution is 5.76. The molecule has 0 saturated carbocycles. The van der Waals surface area contributed by atoms with E-state index in [2.05, 4.69) is 43.5 Å². The number of carbonyl (C=O) groups is 1. The molecule has 1 aliphatic heterocycles. The highest BCUT2D eigenvalue weighted by Crippen LogP contribution is 2.22. The van der Waals surface area contributed by atoms with E-state index in [1.165, 1.54) is 51.4 Å². The quantitative estimate of drug-likeness (QED) is 0.0519. The lowest BCUT2D eigenvalue weighted by Gasteiger charge is -2.40. The smallest absolute Gasteiger partial charge is 0.220 e. The fraction of sp³-hybridized carbons (Fsp3) is 0.806. The van der Waals surface area contributed by atoms with Crippen molar-refractivity contribution in [3.8, 4) is 0 Å². The Morgan fingerprint density at radius 2 is 1.29 bits per heavy atom. The lowest BCUT2D eigenvalue weighted by atomic mass is 9.99. The number of aliphatic hydroxyl groups excluding tert-OH is 5. The second-order valence-corrected chi connectivity index (χ2v) is 12.3. The first kappa shape index (κ1) is 41.4. The van der Waals surface area contributed by atoms with Gasteiger partial charge in [-0.2, -0.15) is 0 Å². The van der Waals surface area contributed by atoms with Crippen LogP contribution >= 0.6 is 0 Å². The molecule has 1 aliphatic rings. The molecule has 7 unspecified atom stereocenters. The number of carbonyl (C=O) groups excluding carboxylic acids is 1. The molecule has 1 heterocycles.